The second kappa shape index (κ2) is 10.6. The van der Waals surface area contributed by atoms with E-state index >= 15 is 0 Å². The third-order valence-corrected chi connectivity index (χ3v) is 4.13. The Balaban J connectivity index is 0.00000264. The van der Waals surface area contributed by atoms with Crippen LogP contribution in [0.3, 0.4) is 0 Å². The molecule has 2 N–H and O–H groups in total. The molecule has 1 heterocycles. The van der Waals surface area contributed by atoms with E-state index < -0.39 is 6.04 Å². The van der Waals surface area contributed by atoms with E-state index in [1.807, 2.05) is 35.2 Å². The first-order valence-electron chi connectivity index (χ1n) is 8.00. The van der Waals surface area contributed by atoms with Gasteiger partial charge in [0.25, 0.3) is 0 Å². The number of hydrogen-bond acceptors (Lipinski definition) is 4. The lowest BCUT2D eigenvalue weighted by molar-refractivity contribution is -0.132. The summed E-state index contributed by atoms with van der Waals surface area (Å²) in [5.41, 5.74) is 7.23. The molecule has 0 aliphatic carbocycles. The van der Waals surface area contributed by atoms with Crippen LogP contribution in [-0.4, -0.2) is 68.2 Å². The molecular weight excluding hydrogens is 314 g/mol. The minimum Gasteiger partial charge on any atom is -0.383 e. The quantitative estimate of drug-likeness (QED) is 0.843. The number of rotatable bonds is 6. The SMILES string of the molecule is COCCN1CCCN(C(=O)C(N)Cc2ccccc2)CC1.Cl. The number of nitrogens with zero attached hydrogens (tertiary/aromatic N) is 2. The van der Waals surface area contributed by atoms with Crippen LogP contribution >= 0.6 is 12.4 Å². The molecule has 0 spiro atoms. The highest BCUT2D eigenvalue weighted by molar-refractivity contribution is 5.85. The van der Waals surface area contributed by atoms with Gasteiger partial charge < -0.3 is 15.4 Å². The summed E-state index contributed by atoms with van der Waals surface area (Å²) in [7, 11) is 1.72. The molecule has 0 bridgehead atoms. The lowest BCUT2D eigenvalue weighted by atomic mass is 10.1. The predicted molar refractivity (Wildman–Crippen MR) is 94.9 cm³/mol. The molecule has 1 fully saturated rings. The van der Waals surface area contributed by atoms with Crippen LogP contribution in [0.4, 0.5) is 0 Å². The molecular formula is C17H28ClN3O2. The molecule has 1 saturated heterocycles. The number of carbonyl (C=O) groups excluding carboxylic acids is 1. The molecule has 6 heteroatoms. The number of methoxy groups -OCH3 is 1. The van der Waals surface area contributed by atoms with Crippen molar-refractivity contribution in [3.63, 3.8) is 0 Å². The molecule has 0 saturated carbocycles. The molecule has 1 aromatic carbocycles. The van der Waals surface area contributed by atoms with Crippen molar-refractivity contribution in [2.24, 2.45) is 5.73 Å². The average molecular weight is 342 g/mol. The molecule has 2 rings (SSSR count). The van der Waals surface area contributed by atoms with Gasteiger partial charge >= 0.3 is 0 Å². The Hall–Kier alpha value is -1.14. The maximum atomic E-state index is 12.5. The lowest BCUT2D eigenvalue weighted by Crippen LogP contribution is -2.46. The molecule has 1 atom stereocenters. The summed E-state index contributed by atoms with van der Waals surface area (Å²) < 4.78 is 5.12. The number of benzene rings is 1. The highest BCUT2D eigenvalue weighted by Crippen LogP contribution is 2.08. The molecule has 1 amide bonds. The third-order valence-electron chi connectivity index (χ3n) is 4.13. The summed E-state index contributed by atoms with van der Waals surface area (Å²) >= 11 is 0. The maximum absolute atomic E-state index is 12.5. The van der Waals surface area contributed by atoms with Crippen molar-refractivity contribution in [1.82, 2.24) is 9.80 Å². The van der Waals surface area contributed by atoms with E-state index in [9.17, 15) is 4.79 Å². The van der Waals surface area contributed by atoms with Gasteiger partial charge in [0.15, 0.2) is 0 Å². The van der Waals surface area contributed by atoms with Crippen molar-refractivity contribution in [2.75, 3.05) is 46.4 Å². The van der Waals surface area contributed by atoms with Crippen LogP contribution in [0.5, 0.6) is 0 Å². The second-order valence-corrected chi connectivity index (χ2v) is 5.81. The summed E-state index contributed by atoms with van der Waals surface area (Å²) in [5.74, 6) is 0.0671. The summed E-state index contributed by atoms with van der Waals surface area (Å²) in [4.78, 5) is 16.8. The number of ether oxygens (including phenoxy) is 1. The molecule has 1 unspecified atom stereocenters. The van der Waals surface area contributed by atoms with E-state index in [-0.39, 0.29) is 18.3 Å². The fourth-order valence-electron chi connectivity index (χ4n) is 2.83. The first kappa shape index (κ1) is 19.9. The number of nitrogens with two attached hydrogens (primary N) is 1. The van der Waals surface area contributed by atoms with Crippen LogP contribution in [0.2, 0.25) is 0 Å². The fourth-order valence-corrected chi connectivity index (χ4v) is 2.83. The first-order chi connectivity index (χ1) is 10.7. The topological polar surface area (TPSA) is 58.8 Å². The van der Waals surface area contributed by atoms with Gasteiger partial charge in [0, 0.05) is 33.3 Å². The monoisotopic (exact) mass is 341 g/mol. The Morgan fingerprint density at radius 2 is 1.96 bits per heavy atom. The Morgan fingerprint density at radius 3 is 2.65 bits per heavy atom. The summed E-state index contributed by atoms with van der Waals surface area (Å²) in [6.07, 6.45) is 1.59. The van der Waals surface area contributed by atoms with E-state index in [0.29, 0.717) is 6.42 Å². The normalized spacial score (nSPS) is 17.2. The smallest absolute Gasteiger partial charge is 0.239 e. The second-order valence-electron chi connectivity index (χ2n) is 5.81. The number of hydrogen-bond donors (Lipinski definition) is 1. The number of halogens is 1. The molecule has 1 aliphatic heterocycles. The van der Waals surface area contributed by atoms with Gasteiger partial charge in [0.2, 0.25) is 5.91 Å². The molecule has 1 aromatic rings. The van der Waals surface area contributed by atoms with E-state index in [4.69, 9.17) is 10.5 Å². The van der Waals surface area contributed by atoms with Crippen LogP contribution in [0.15, 0.2) is 30.3 Å². The van der Waals surface area contributed by atoms with Crippen molar-refractivity contribution in [3.05, 3.63) is 35.9 Å². The highest BCUT2D eigenvalue weighted by Gasteiger charge is 2.23. The summed E-state index contributed by atoms with van der Waals surface area (Å²) in [6.45, 7) is 5.13. The number of amides is 1. The van der Waals surface area contributed by atoms with Crippen molar-refractivity contribution in [1.29, 1.82) is 0 Å². The molecule has 130 valence electrons. The van der Waals surface area contributed by atoms with E-state index in [2.05, 4.69) is 4.90 Å². The molecule has 5 nitrogen and oxygen atoms in total. The van der Waals surface area contributed by atoms with Crippen LogP contribution in [0.25, 0.3) is 0 Å². The zero-order valence-electron chi connectivity index (χ0n) is 13.8. The van der Waals surface area contributed by atoms with Crippen molar-refractivity contribution in [2.45, 2.75) is 18.9 Å². The molecule has 0 aromatic heterocycles. The van der Waals surface area contributed by atoms with Gasteiger partial charge in [0.05, 0.1) is 12.6 Å². The van der Waals surface area contributed by atoms with E-state index in [1.165, 1.54) is 0 Å². The van der Waals surface area contributed by atoms with Crippen molar-refractivity contribution >= 4 is 18.3 Å². The Labute approximate surface area is 145 Å². The summed E-state index contributed by atoms with van der Waals surface area (Å²) in [5, 5.41) is 0. The zero-order valence-corrected chi connectivity index (χ0v) is 14.6. The molecule has 23 heavy (non-hydrogen) atoms. The minimum atomic E-state index is -0.451. The molecule has 1 aliphatic rings. The van der Waals surface area contributed by atoms with Gasteiger partial charge in [-0.3, -0.25) is 9.69 Å². The maximum Gasteiger partial charge on any atom is 0.239 e. The average Bonchev–Trinajstić information content (AvgIpc) is 2.78. The fraction of sp³-hybridized carbons (Fsp3) is 0.588. The predicted octanol–water partition coefficient (Wildman–Crippen LogP) is 1.16. The van der Waals surface area contributed by atoms with Gasteiger partial charge in [-0.05, 0) is 24.9 Å². The number of carbonyl (C=O) groups is 1. The Bertz CT molecular complexity index is 458. The standard InChI is InChI=1S/C17H27N3O2.ClH/c1-22-13-12-19-8-5-9-20(11-10-19)17(21)16(18)14-15-6-3-2-4-7-15;/h2-4,6-7,16H,5,8-14,18H2,1H3;1H. The van der Waals surface area contributed by atoms with Crippen molar-refractivity contribution in [3.8, 4) is 0 Å². The van der Waals surface area contributed by atoms with E-state index in [0.717, 1.165) is 51.3 Å². The van der Waals surface area contributed by atoms with Crippen LogP contribution in [-0.2, 0) is 16.0 Å². The van der Waals surface area contributed by atoms with Gasteiger partial charge in [-0.15, -0.1) is 12.4 Å². The van der Waals surface area contributed by atoms with Gasteiger partial charge in [-0.25, -0.2) is 0 Å². The Kier molecular flexibility index (Phi) is 9.17. The van der Waals surface area contributed by atoms with Gasteiger partial charge in [-0.2, -0.15) is 0 Å². The minimum absolute atomic E-state index is 0. The van der Waals surface area contributed by atoms with Gasteiger partial charge in [-0.1, -0.05) is 30.3 Å². The van der Waals surface area contributed by atoms with E-state index in [1.54, 1.807) is 7.11 Å². The van der Waals surface area contributed by atoms with Crippen LogP contribution in [0, 0.1) is 0 Å². The molecule has 0 radical (unpaired) electrons. The largest absolute Gasteiger partial charge is 0.383 e. The lowest BCUT2D eigenvalue weighted by Gasteiger charge is -2.24. The Morgan fingerprint density at radius 1 is 1.22 bits per heavy atom. The van der Waals surface area contributed by atoms with Crippen LogP contribution < -0.4 is 5.73 Å². The van der Waals surface area contributed by atoms with Crippen molar-refractivity contribution < 1.29 is 9.53 Å². The summed E-state index contributed by atoms with van der Waals surface area (Å²) in [6, 6.07) is 9.51. The van der Waals surface area contributed by atoms with Gasteiger partial charge in [0.1, 0.15) is 0 Å². The highest BCUT2D eigenvalue weighted by atomic mass is 35.5. The third kappa shape index (κ3) is 6.47. The van der Waals surface area contributed by atoms with Crippen LogP contribution in [0.1, 0.15) is 12.0 Å². The zero-order chi connectivity index (χ0) is 15.8. The first-order valence-corrected chi connectivity index (χ1v) is 8.00.